The lowest BCUT2D eigenvalue weighted by molar-refractivity contribution is -0.127. The van der Waals surface area contributed by atoms with Gasteiger partial charge in [0.15, 0.2) is 6.10 Å². The van der Waals surface area contributed by atoms with Crippen molar-refractivity contribution < 1.29 is 17.9 Å². The SMILES string of the molecule is CS(=O)(=O)N1C[C@@H](C(=O)NCCCc2ccccc2)Oc2ccc(Cl)cc21. The quantitative estimate of drug-likeness (QED) is 0.745. The van der Waals surface area contributed by atoms with Crippen molar-refractivity contribution in [1.82, 2.24) is 5.32 Å². The fraction of sp³-hybridized carbons (Fsp3) is 0.316. The molecular formula is C19H21ClN2O4S. The molecule has 2 aromatic rings. The number of carbonyl (C=O) groups excluding carboxylic acids is 1. The fourth-order valence-corrected chi connectivity index (χ4v) is 4.01. The zero-order chi connectivity index (χ0) is 19.4. The van der Waals surface area contributed by atoms with Gasteiger partial charge >= 0.3 is 0 Å². The minimum absolute atomic E-state index is 0.0866. The third kappa shape index (κ3) is 4.93. The minimum Gasteiger partial charge on any atom is -0.476 e. The monoisotopic (exact) mass is 408 g/mol. The maximum absolute atomic E-state index is 12.5. The molecule has 3 rings (SSSR count). The summed E-state index contributed by atoms with van der Waals surface area (Å²) in [7, 11) is -3.57. The standard InChI is InChI=1S/C19H21ClN2O4S/c1-27(24,25)22-13-18(26-17-10-9-15(20)12-16(17)22)19(23)21-11-5-8-14-6-3-2-4-7-14/h2-4,6-7,9-10,12,18H,5,8,11,13H2,1H3,(H,21,23)/t18-/m0/s1. The Morgan fingerprint density at radius 1 is 1.26 bits per heavy atom. The summed E-state index contributed by atoms with van der Waals surface area (Å²) in [6, 6.07) is 14.7. The smallest absolute Gasteiger partial charge is 0.263 e. The van der Waals surface area contributed by atoms with Crippen LogP contribution in [0.15, 0.2) is 48.5 Å². The van der Waals surface area contributed by atoms with Crippen molar-refractivity contribution in [3.8, 4) is 5.75 Å². The van der Waals surface area contributed by atoms with Gasteiger partial charge < -0.3 is 10.1 Å². The Hall–Kier alpha value is -2.25. The number of nitrogens with zero attached hydrogens (tertiary/aromatic N) is 1. The van der Waals surface area contributed by atoms with Gasteiger partial charge in [-0.3, -0.25) is 9.10 Å². The van der Waals surface area contributed by atoms with Crippen molar-refractivity contribution in [3.05, 3.63) is 59.1 Å². The van der Waals surface area contributed by atoms with E-state index in [1.165, 1.54) is 11.6 Å². The summed E-state index contributed by atoms with van der Waals surface area (Å²) in [5, 5.41) is 3.22. The molecule has 0 aliphatic carbocycles. The molecule has 1 amide bonds. The van der Waals surface area contributed by atoms with Gasteiger partial charge in [-0.1, -0.05) is 41.9 Å². The largest absolute Gasteiger partial charge is 0.476 e. The molecule has 0 bridgehead atoms. The first-order valence-corrected chi connectivity index (χ1v) is 10.8. The number of halogens is 1. The lowest BCUT2D eigenvalue weighted by atomic mass is 10.1. The van der Waals surface area contributed by atoms with Gasteiger partial charge in [0, 0.05) is 11.6 Å². The van der Waals surface area contributed by atoms with Crippen molar-refractivity contribution in [2.75, 3.05) is 23.7 Å². The van der Waals surface area contributed by atoms with Crippen LogP contribution in [-0.4, -0.2) is 39.8 Å². The minimum atomic E-state index is -3.57. The summed E-state index contributed by atoms with van der Waals surface area (Å²) in [6.07, 6.45) is 1.82. The first-order valence-electron chi connectivity index (χ1n) is 8.60. The molecule has 0 fully saturated rings. The van der Waals surface area contributed by atoms with Crippen LogP contribution in [0.3, 0.4) is 0 Å². The molecule has 144 valence electrons. The summed E-state index contributed by atoms with van der Waals surface area (Å²) >= 11 is 5.97. The summed E-state index contributed by atoms with van der Waals surface area (Å²) < 4.78 is 31.2. The van der Waals surface area contributed by atoms with E-state index in [0.29, 0.717) is 23.0 Å². The second-order valence-electron chi connectivity index (χ2n) is 6.39. The van der Waals surface area contributed by atoms with Crippen molar-refractivity contribution in [1.29, 1.82) is 0 Å². The molecule has 1 aliphatic rings. The third-order valence-electron chi connectivity index (χ3n) is 4.27. The van der Waals surface area contributed by atoms with Crippen LogP contribution in [-0.2, 0) is 21.2 Å². The Bertz CT molecular complexity index is 919. The average Bonchev–Trinajstić information content (AvgIpc) is 2.64. The van der Waals surface area contributed by atoms with Crippen LogP contribution in [0.2, 0.25) is 5.02 Å². The number of benzene rings is 2. The first kappa shape index (κ1) is 19.5. The molecule has 0 saturated heterocycles. The Morgan fingerprint density at radius 2 is 2.00 bits per heavy atom. The van der Waals surface area contributed by atoms with Gasteiger partial charge in [0.05, 0.1) is 18.5 Å². The highest BCUT2D eigenvalue weighted by molar-refractivity contribution is 7.92. The van der Waals surface area contributed by atoms with E-state index in [0.717, 1.165) is 23.4 Å². The number of ether oxygens (including phenoxy) is 1. The molecule has 0 unspecified atom stereocenters. The zero-order valence-electron chi connectivity index (χ0n) is 14.9. The van der Waals surface area contributed by atoms with Crippen LogP contribution in [0.4, 0.5) is 5.69 Å². The molecule has 2 aromatic carbocycles. The summed E-state index contributed by atoms with van der Waals surface area (Å²) in [5.74, 6) is -0.0159. The van der Waals surface area contributed by atoms with E-state index in [-0.39, 0.29) is 12.5 Å². The Kier molecular flexibility index (Phi) is 5.92. The average molecular weight is 409 g/mol. The number of rotatable bonds is 6. The Morgan fingerprint density at radius 3 is 2.70 bits per heavy atom. The second-order valence-corrected chi connectivity index (χ2v) is 8.74. The van der Waals surface area contributed by atoms with Crippen LogP contribution in [0.25, 0.3) is 0 Å². The zero-order valence-corrected chi connectivity index (χ0v) is 16.5. The number of sulfonamides is 1. The van der Waals surface area contributed by atoms with Crippen LogP contribution < -0.4 is 14.4 Å². The van der Waals surface area contributed by atoms with Gasteiger partial charge in [-0.15, -0.1) is 0 Å². The summed E-state index contributed by atoms with van der Waals surface area (Å²) in [4.78, 5) is 12.5. The molecular weight excluding hydrogens is 388 g/mol. The Balaban J connectivity index is 1.63. The maximum Gasteiger partial charge on any atom is 0.263 e. The topological polar surface area (TPSA) is 75.7 Å². The highest BCUT2D eigenvalue weighted by atomic mass is 35.5. The van der Waals surface area contributed by atoms with Gasteiger partial charge in [0.2, 0.25) is 10.0 Å². The maximum atomic E-state index is 12.5. The second kappa shape index (κ2) is 8.19. The van der Waals surface area contributed by atoms with E-state index in [1.807, 2.05) is 30.3 Å². The highest BCUT2D eigenvalue weighted by Crippen LogP contribution is 2.37. The van der Waals surface area contributed by atoms with Crippen molar-refractivity contribution in [2.45, 2.75) is 18.9 Å². The van der Waals surface area contributed by atoms with E-state index in [1.54, 1.807) is 12.1 Å². The molecule has 1 heterocycles. The number of aryl methyl sites for hydroxylation is 1. The number of amides is 1. The molecule has 0 radical (unpaired) electrons. The predicted molar refractivity (Wildman–Crippen MR) is 106 cm³/mol. The van der Waals surface area contributed by atoms with Gasteiger partial charge in [0.25, 0.3) is 5.91 Å². The van der Waals surface area contributed by atoms with Gasteiger partial charge in [-0.2, -0.15) is 0 Å². The normalized spacial score (nSPS) is 16.4. The molecule has 0 aromatic heterocycles. The molecule has 1 aliphatic heterocycles. The van der Waals surface area contributed by atoms with Crippen LogP contribution >= 0.6 is 11.6 Å². The van der Waals surface area contributed by atoms with E-state index >= 15 is 0 Å². The summed E-state index contributed by atoms with van der Waals surface area (Å²) in [5.41, 5.74) is 1.55. The number of hydrogen-bond acceptors (Lipinski definition) is 4. The van der Waals surface area contributed by atoms with Crippen molar-refractivity contribution >= 4 is 33.2 Å². The Labute approximate surface area is 164 Å². The summed E-state index contributed by atoms with van der Waals surface area (Å²) in [6.45, 7) is 0.399. The molecule has 1 atom stereocenters. The van der Waals surface area contributed by atoms with E-state index in [4.69, 9.17) is 16.3 Å². The molecule has 8 heteroatoms. The van der Waals surface area contributed by atoms with E-state index in [2.05, 4.69) is 5.32 Å². The van der Waals surface area contributed by atoms with Gasteiger partial charge in [0.1, 0.15) is 5.75 Å². The number of nitrogens with one attached hydrogen (secondary N) is 1. The molecule has 6 nitrogen and oxygen atoms in total. The number of anilines is 1. The lowest BCUT2D eigenvalue weighted by Gasteiger charge is -2.34. The number of carbonyl (C=O) groups is 1. The highest BCUT2D eigenvalue weighted by Gasteiger charge is 2.35. The molecule has 0 saturated carbocycles. The number of fused-ring (bicyclic) bond motifs is 1. The predicted octanol–water partition coefficient (Wildman–Crippen LogP) is 2.62. The van der Waals surface area contributed by atoms with E-state index < -0.39 is 16.1 Å². The molecule has 0 spiro atoms. The van der Waals surface area contributed by atoms with Crippen molar-refractivity contribution in [3.63, 3.8) is 0 Å². The molecule has 1 N–H and O–H groups in total. The van der Waals surface area contributed by atoms with Crippen LogP contribution in [0, 0.1) is 0 Å². The molecule has 27 heavy (non-hydrogen) atoms. The van der Waals surface area contributed by atoms with E-state index in [9.17, 15) is 13.2 Å². The lowest BCUT2D eigenvalue weighted by Crippen LogP contribution is -2.50. The van der Waals surface area contributed by atoms with Crippen LogP contribution in [0.1, 0.15) is 12.0 Å². The first-order chi connectivity index (χ1) is 12.8. The van der Waals surface area contributed by atoms with Crippen LogP contribution in [0.5, 0.6) is 5.75 Å². The third-order valence-corrected chi connectivity index (χ3v) is 5.65. The van der Waals surface area contributed by atoms with Gasteiger partial charge in [-0.05, 0) is 36.6 Å². The van der Waals surface area contributed by atoms with Gasteiger partial charge in [-0.25, -0.2) is 8.42 Å². The van der Waals surface area contributed by atoms with Crippen molar-refractivity contribution in [2.24, 2.45) is 0 Å². The fourth-order valence-electron chi connectivity index (χ4n) is 2.94. The number of hydrogen-bond donors (Lipinski definition) is 1.